The molecule has 0 saturated carbocycles. The summed E-state index contributed by atoms with van der Waals surface area (Å²) in [6.07, 6.45) is 0.288. The number of cyclic esters (lactones) is 1. The first kappa shape index (κ1) is 14.3. The standard InChI is InChI=1S/C18H17NO3/c20-17(12-15-9-5-2-6-10-15)19-16(13-22-18(19)21)11-14-7-3-1-4-8-14/h1-10,16H,11-13H2/t16-/m0/s1. The van der Waals surface area contributed by atoms with Crippen LogP contribution in [0.5, 0.6) is 0 Å². The van der Waals surface area contributed by atoms with Crippen LogP contribution in [-0.4, -0.2) is 29.5 Å². The number of rotatable bonds is 4. The molecule has 4 heteroatoms. The van der Waals surface area contributed by atoms with Gasteiger partial charge in [0.1, 0.15) is 6.61 Å². The van der Waals surface area contributed by atoms with Crippen LogP contribution >= 0.6 is 0 Å². The molecule has 2 aromatic rings. The van der Waals surface area contributed by atoms with Crippen molar-refractivity contribution in [2.75, 3.05) is 6.61 Å². The van der Waals surface area contributed by atoms with Crippen molar-refractivity contribution >= 4 is 12.0 Å². The van der Waals surface area contributed by atoms with E-state index in [0.717, 1.165) is 11.1 Å². The highest BCUT2D eigenvalue weighted by Crippen LogP contribution is 2.18. The third-order valence-electron chi connectivity index (χ3n) is 3.74. The van der Waals surface area contributed by atoms with Gasteiger partial charge in [-0.05, 0) is 17.5 Å². The number of nitrogens with zero attached hydrogens (tertiary/aromatic N) is 1. The minimum atomic E-state index is -0.540. The van der Waals surface area contributed by atoms with E-state index in [1.165, 1.54) is 4.90 Å². The lowest BCUT2D eigenvalue weighted by Crippen LogP contribution is -2.41. The maximum Gasteiger partial charge on any atom is 0.416 e. The molecular weight excluding hydrogens is 278 g/mol. The third kappa shape index (κ3) is 3.17. The van der Waals surface area contributed by atoms with Gasteiger partial charge in [-0.2, -0.15) is 0 Å². The number of ether oxygens (including phenoxy) is 1. The molecule has 1 aliphatic rings. The summed E-state index contributed by atoms with van der Waals surface area (Å²) in [6.45, 7) is 0.258. The van der Waals surface area contributed by atoms with Crippen LogP contribution in [0.2, 0.25) is 0 Å². The summed E-state index contributed by atoms with van der Waals surface area (Å²) in [5, 5.41) is 0. The molecule has 0 unspecified atom stereocenters. The zero-order valence-electron chi connectivity index (χ0n) is 12.1. The SMILES string of the molecule is O=C(Cc1ccccc1)N1C(=O)OC[C@@H]1Cc1ccccc1. The molecule has 1 atom stereocenters. The van der Waals surface area contributed by atoms with Crippen LogP contribution in [0.25, 0.3) is 0 Å². The zero-order chi connectivity index (χ0) is 15.4. The topological polar surface area (TPSA) is 46.6 Å². The molecule has 4 nitrogen and oxygen atoms in total. The van der Waals surface area contributed by atoms with Gasteiger partial charge in [-0.1, -0.05) is 60.7 Å². The van der Waals surface area contributed by atoms with Gasteiger partial charge in [0, 0.05) is 0 Å². The van der Waals surface area contributed by atoms with Gasteiger partial charge >= 0.3 is 6.09 Å². The van der Waals surface area contributed by atoms with E-state index in [9.17, 15) is 9.59 Å². The summed E-state index contributed by atoms with van der Waals surface area (Å²) < 4.78 is 5.08. The molecule has 1 aliphatic heterocycles. The Morgan fingerprint density at radius 2 is 1.59 bits per heavy atom. The van der Waals surface area contributed by atoms with E-state index in [1.54, 1.807) is 0 Å². The second-order valence-electron chi connectivity index (χ2n) is 5.35. The summed E-state index contributed by atoms with van der Waals surface area (Å²) in [5.41, 5.74) is 1.98. The summed E-state index contributed by atoms with van der Waals surface area (Å²) in [5.74, 6) is -0.213. The molecule has 0 aromatic heterocycles. The maximum absolute atomic E-state index is 12.5. The summed E-state index contributed by atoms with van der Waals surface area (Å²) in [4.78, 5) is 25.6. The number of hydrogen-bond donors (Lipinski definition) is 0. The fourth-order valence-corrected chi connectivity index (χ4v) is 2.66. The van der Waals surface area contributed by atoms with Crippen molar-refractivity contribution in [3.8, 4) is 0 Å². The van der Waals surface area contributed by atoms with E-state index in [1.807, 2.05) is 60.7 Å². The van der Waals surface area contributed by atoms with Gasteiger partial charge in [-0.3, -0.25) is 4.79 Å². The molecule has 112 valence electrons. The summed E-state index contributed by atoms with van der Waals surface area (Å²) in [7, 11) is 0. The lowest BCUT2D eigenvalue weighted by atomic mass is 10.0. The molecular formula is C18H17NO3. The van der Waals surface area contributed by atoms with Crippen LogP contribution < -0.4 is 0 Å². The lowest BCUT2D eigenvalue weighted by Gasteiger charge is -2.19. The van der Waals surface area contributed by atoms with Crippen molar-refractivity contribution in [3.05, 3.63) is 71.8 Å². The average Bonchev–Trinajstić information content (AvgIpc) is 2.90. The first-order valence-corrected chi connectivity index (χ1v) is 7.30. The fraction of sp³-hybridized carbons (Fsp3) is 0.222. The number of amides is 2. The Morgan fingerprint density at radius 1 is 1.00 bits per heavy atom. The van der Waals surface area contributed by atoms with Gasteiger partial charge in [-0.25, -0.2) is 9.69 Å². The Labute approximate surface area is 129 Å². The molecule has 1 fully saturated rings. The quantitative estimate of drug-likeness (QED) is 0.871. The second-order valence-corrected chi connectivity index (χ2v) is 5.35. The Balaban J connectivity index is 1.72. The molecule has 0 radical (unpaired) electrons. The van der Waals surface area contributed by atoms with E-state index in [-0.39, 0.29) is 25.0 Å². The number of carbonyl (C=O) groups excluding carboxylic acids is 2. The molecule has 0 N–H and O–H groups in total. The van der Waals surface area contributed by atoms with E-state index in [4.69, 9.17) is 4.74 Å². The van der Waals surface area contributed by atoms with Crippen LogP contribution in [0, 0.1) is 0 Å². The highest BCUT2D eigenvalue weighted by atomic mass is 16.6. The Morgan fingerprint density at radius 3 is 2.23 bits per heavy atom. The van der Waals surface area contributed by atoms with Crippen LogP contribution in [0.1, 0.15) is 11.1 Å². The minimum absolute atomic E-state index is 0.210. The van der Waals surface area contributed by atoms with Gasteiger partial charge < -0.3 is 4.74 Å². The van der Waals surface area contributed by atoms with Gasteiger partial charge in [0.05, 0.1) is 12.5 Å². The molecule has 1 heterocycles. The highest BCUT2D eigenvalue weighted by Gasteiger charge is 2.37. The largest absolute Gasteiger partial charge is 0.447 e. The second kappa shape index (κ2) is 6.43. The predicted octanol–water partition coefficient (Wildman–Crippen LogP) is 2.82. The molecule has 0 spiro atoms. The van der Waals surface area contributed by atoms with Gasteiger partial charge in [0.2, 0.25) is 5.91 Å². The molecule has 2 aromatic carbocycles. The summed E-state index contributed by atoms with van der Waals surface area (Å²) in [6, 6.07) is 19.0. The Bertz CT molecular complexity index is 655. The number of benzene rings is 2. The monoisotopic (exact) mass is 295 g/mol. The smallest absolute Gasteiger partial charge is 0.416 e. The van der Waals surface area contributed by atoms with E-state index in [0.29, 0.717) is 6.42 Å². The molecule has 0 bridgehead atoms. The van der Waals surface area contributed by atoms with E-state index < -0.39 is 6.09 Å². The zero-order valence-corrected chi connectivity index (χ0v) is 12.1. The van der Waals surface area contributed by atoms with E-state index in [2.05, 4.69) is 0 Å². The van der Waals surface area contributed by atoms with Crippen LogP contribution in [0.3, 0.4) is 0 Å². The van der Waals surface area contributed by atoms with Crippen molar-refractivity contribution in [3.63, 3.8) is 0 Å². The van der Waals surface area contributed by atoms with Crippen molar-refractivity contribution in [2.45, 2.75) is 18.9 Å². The molecule has 22 heavy (non-hydrogen) atoms. The van der Waals surface area contributed by atoms with Crippen LogP contribution in [0.4, 0.5) is 4.79 Å². The van der Waals surface area contributed by atoms with Crippen molar-refractivity contribution < 1.29 is 14.3 Å². The van der Waals surface area contributed by atoms with Crippen LogP contribution in [-0.2, 0) is 22.4 Å². The normalized spacial score (nSPS) is 17.4. The Hall–Kier alpha value is -2.62. The minimum Gasteiger partial charge on any atom is -0.447 e. The molecule has 1 saturated heterocycles. The third-order valence-corrected chi connectivity index (χ3v) is 3.74. The molecule has 0 aliphatic carbocycles. The number of hydrogen-bond acceptors (Lipinski definition) is 3. The summed E-state index contributed by atoms with van der Waals surface area (Å²) >= 11 is 0. The molecule has 2 amide bonds. The van der Waals surface area contributed by atoms with E-state index >= 15 is 0 Å². The van der Waals surface area contributed by atoms with Gasteiger partial charge in [-0.15, -0.1) is 0 Å². The van der Waals surface area contributed by atoms with Crippen molar-refractivity contribution in [1.29, 1.82) is 0 Å². The van der Waals surface area contributed by atoms with Crippen LogP contribution in [0.15, 0.2) is 60.7 Å². The molecule has 3 rings (SSSR count). The lowest BCUT2D eigenvalue weighted by molar-refractivity contribution is -0.128. The average molecular weight is 295 g/mol. The van der Waals surface area contributed by atoms with Gasteiger partial charge in [0.25, 0.3) is 0 Å². The predicted molar refractivity (Wildman–Crippen MR) is 82.3 cm³/mol. The first-order chi connectivity index (χ1) is 10.7. The fourth-order valence-electron chi connectivity index (χ4n) is 2.66. The van der Waals surface area contributed by atoms with Crippen molar-refractivity contribution in [1.82, 2.24) is 4.90 Å². The first-order valence-electron chi connectivity index (χ1n) is 7.30. The van der Waals surface area contributed by atoms with Crippen molar-refractivity contribution in [2.24, 2.45) is 0 Å². The number of carbonyl (C=O) groups is 2. The van der Waals surface area contributed by atoms with Gasteiger partial charge in [0.15, 0.2) is 0 Å². The highest BCUT2D eigenvalue weighted by molar-refractivity contribution is 5.94. The maximum atomic E-state index is 12.5. The Kier molecular flexibility index (Phi) is 4.19. The number of imide groups is 1.